The third kappa shape index (κ3) is 3.64. The quantitative estimate of drug-likeness (QED) is 0.605. The molecule has 1 fully saturated rings. The van der Waals surface area contributed by atoms with Crippen LogP contribution in [0, 0.1) is 5.92 Å². The average molecular weight is 261 g/mol. The fourth-order valence-electron chi connectivity index (χ4n) is 2.38. The zero-order valence-corrected chi connectivity index (χ0v) is 11.2. The van der Waals surface area contributed by atoms with E-state index in [0.717, 1.165) is 19.5 Å². The summed E-state index contributed by atoms with van der Waals surface area (Å²) in [6.45, 7) is 2.09. The summed E-state index contributed by atoms with van der Waals surface area (Å²) in [6.07, 6.45) is 1.37. The molecule has 0 amide bonds. The molecular formula is C15H19NO3. The van der Waals surface area contributed by atoms with Gasteiger partial charge in [-0.25, -0.2) is 0 Å². The van der Waals surface area contributed by atoms with Crippen LogP contribution in [0.2, 0.25) is 0 Å². The van der Waals surface area contributed by atoms with Gasteiger partial charge in [-0.1, -0.05) is 30.3 Å². The summed E-state index contributed by atoms with van der Waals surface area (Å²) in [6, 6.07) is 10.2. The van der Waals surface area contributed by atoms with E-state index in [1.54, 1.807) is 0 Å². The molecular weight excluding hydrogens is 242 g/mol. The van der Waals surface area contributed by atoms with Crippen molar-refractivity contribution < 1.29 is 14.3 Å². The first-order valence-electron chi connectivity index (χ1n) is 6.57. The summed E-state index contributed by atoms with van der Waals surface area (Å²) in [7, 11) is 1.33. The van der Waals surface area contributed by atoms with E-state index < -0.39 is 11.9 Å². The molecule has 1 aliphatic rings. The van der Waals surface area contributed by atoms with Crippen molar-refractivity contribution in [1.29, 1.82) is 0 Å². The van der Waals surface area contributed by atoms with E-state index >= 15 is 0 Å². The molecule has 0 bridgehead atoms. The Morgan fingerprint density at radius 1 is 1.37 bits per heavy atom. The Morgan fingerprint density at radius 3 is 2.79 bits per heavy atom. The molecule has 1 heterocycles. The van der Waals surface area contributed by atoms with Crippen molar-refractivity contribution in [2.75, 3.05) is 26.7 Å². The second-order valence-electron chi connectivity index (χ2n) is 4.83. The number of hydrogen-bond donors (Lipinski definition) is 0. The van der Waals surface area contributed by atoms with E-state index in [-0.39, 0.29) is 5.78 Å². The SMILES string of the molecule is COC(=O)[C@H]1CN(CCc2ccccc2)CCC1=O. The van der Waals surface area contributed by atoms with Crippen LogP contribution in [0.1, 0.15) is 12.0 Å². The number of benzene rings is 1. The molecule has 1 aromatic carbocycles. The summed E-state index contributed by atoms with van der Waals surface area (Å²) in [5, 5.41) is 0. The van der Waals surface area contributed by atoms with E-state index in [9.17, 15) is 9.59 Å². The number of carbonyl (C=O) groups excluding carboxylic acids is 2. The van der Waals surface area contributed by atoms with Crippen molar-refractivity contribution in [3.8, 4) is 0 Å². The van der Waals surface area contributed by atoms with Gasteiger partial charge in [-0.05, 0) is 12.0 Å². The second-order valence-corrected chi connectivity index (χ2v) is 4.83. The minimum Gasteiger partial charge on any atom is -0.468 e. The van der Waals surface area contributed by atoms with Gasteiger partial charge < -0.3 is 9.64 Å². The predicted molar refractivity (Wildman–Crippen MR) is 71.7 cm³/mol. The van der Waals surface area contributed by atoms with Crippen LogP contribution in [0.4, 0.5) is 0 Å². The maximum atomic E-state index is 11.7. The Labute approximate surface area is 113 Å². The highest BCUT2D eigenvalue weighted by Crippen LogP contribution is 2.15. The van der Waals surface area contributed by atoms with Gasteiger partial charge in [-0.15, -0.1) is 0 Å². The fourth-order valence-corrected chi connectivity index (χ4v) is 2.38. The number of carbonyl (C=O) groups is 2. The molecule has 0 spiro atoms. The van der Waals surface area contributed by atoms with Crippen LogP contribution < -0.4 is 0 Å². The van der Waals surface area contributed by atoms with Crippen LogP contribution in [0.3, 0.4) is 0 Å². The molecule has 0 radical (unpaired) electrons. The number of likely N-dealkylation sites (tertiary alicyclic amines) is 1. The molecule has 0 aromatic heterocycles. The highest BCUT2D eigenvalue weighted by molar-refractivity contribution is 5.99. The molecule has 1 aromatic rings. The first-order valence-corrected chi connectivity index (χ1v) is 6.57. The van der Waals surface area contributed by atoms with Gasteiger partial charge in [0.05, 0.1) is 7.11 Å². The number of Topliss-reactive ketones (excluding diaryl/α,β-unsaturated/α-hetero) is 1. The van der Waals surface area contributed by atoms with Crippen molar-refractivity contribution in [2.24, 2.45) is 5.92 Å². The molecule has 0 saturated carbocycles. The van der Waals surface area contributed by atoms with Gasteiger partial charge in [0.25, 0.3) is 0 Å². The molecule has 0 unspecified atom stereocenters. The molecule has 0 N–H and O–H groups in total. The van der Waals surface area contributed by atoms with E-state index in [1.165, 1.54) is 12.7 Å². The van der Waals surface area contributed by atoms with Gasteiger partial charge in [0.15, 0.2) is 0 Å². The average Bonchev–Trinajstić information content (AvgIpc) is 2.46. The number of ether oxygens (including phenoxy) is 1. The topological polar surface area (TPSA) is 46.6 Å². The maximum Gasteiger partial charge on any atom is 0.317 e. The van der Waals surface area contributed by atoms with E-state index in [1.807, 2.05) is 18.2 Å². The minimum absolute atomic E-state index is 0.00260. The van der Waals surface area contributed by atoms with Crippen LogP contribution >= 0.6 is 0 Å². The molecule has 0 aliphatic carbocycles. The number of nitrogens with zero attached hydrogens (tertiary/aromatic N) is 1. The van der Waals surface area contributed by atoms with Gasteiger partial charge in [-0.3, -0.25) is 9.59 Å². The van der Waals surface area contributed by atoms with Crippen LogP contribution in [-0.4, -0.2) is 43.4 Å². The molecule has 1 atom stereocenters. The Bertz CT molecular complexity index is 436. The zero-order chi connectivity index (χ0) is 13.7. The Morgan fingerprint density at radius 2 is 2.11 bits per heavy atom. The van der Waals surface area contributed by atoms with E-state index in [0.29, 0.717) is 13.0 Å². The first-order chi connectivity index (χ1) is 9.20. The largest absolute Gasteiger partial charge is 0.468 e. The fraction of sp³-hybridized carbons (Fsp3) is 0.467. The predicted octanol–water partition coefficient (Wildman–Crippen LogP) is 1.29. The number of esters is 1. The van der Waals surface area contributed by atoms with Gasteiger partial charge in [0, 0.05) is 26.1 Å². The van der Waals surface area contributed by atoms with Crippen LogP contribution in [0.5, 0.6) is 0 Å². The lowest BCUT2D eigenvalue weighted by Crippen LogP contribution is -2.45. The van der Waals surface area contributed by atoms with Gasteiger partial charge >= 0.3 is 5.97 Å². The highest BCUT2D eigenvalue weighted by Gasteiger charge is 2.33. The summed E-state index contributed by atoms with van der Waals surface area (Å²) in [5.41, 5.74) is 1.27. The minimum atomic E-state index is -0.602. The van der Waals surface area contributed by atoms with E-state index in [4.69, 9.17) is 0 Å². The molecule has 2 rings (SSSR count). The number of hydrogen-bond acceptors (Lipinski definition) is 4. The van der Waals surface area contributed by atoms with Crippen molar-refractivity contribution in [1.82, 2.24) is 4.90 Å². The van der Waals surface area contributed by atoms with Gasteiger partial charge in [-0.2, -0.15) is 0 Å². The lowest BCUT2D eigenvalue weighted by atomic mass is 9.96. The van der Waals surface area contributed by atoms with Crippen molar-refractivity contribution in [2.45, 2.75) is 12.8 Å². The van der Waals surface area contributed by atoms with Crippen molar-refractivity contribution >= 4 is 11.8 Å². The van der Waals surface area contributed by atoms with E-state index in [2.05, 4.69) is 21.8 Å². The molecule has 19 heavy (non-hydrogen) atoms. The lowest BCUT2D eigenvalue weighted by molar-refractivity contribution is -0.151. The standard InChI is InChI=1S/C15H19NO3/c1-19-15(18)13-11-16(10-8-14(13)17)9-7-12-5-3-2-4-6-12/h2-6,13H,7-11H2,1H3/t13-/m0/s1. The first kappa shape index (κ1) is 13.7. The van der Waals surface area contributed by atoms with Gasteiger partial charge in [0.1, 0.15) is 11.7 Å². The monoisotopic (exact) mass is 261 g/mol. The van der Waals surface area contributed by atoms with Crippen LogP contribution in [0.25, 0.3) is 0 Å². The maximum absolute atomic E-state index is 11.7. The van der Waals surface area contributed by atoms with Crippen LogP contribution in [-0.2, 0) is 20.7 Å². The van der Waals surface area contributed by atoms with Crippen molar-refractivity contribution in [3.63, 3.8) is 0 Å². The third-order valence-corrected chi connectivity index (χ3v) is 3.55. The van der Waals surface area contributed by atoms with Crippen LogP contribution in [0.15, 0.2) is 30.3 Å². The Kier molecular flexibility index (Phi) is 4.68. The molecule has 4 nitrogen and oxygen atoms in total. The summed E-state index contributed by atoms with van der Waals surface area (Å²) in [4.78, 5) is 25.4. The second kappa shape index (κ2) is 6.48. The smallest absolute Gasteiger partial charge is 0.317 e. The number of piperidine rings is 1. The molecule has 4 heteroatoms. The summed E-state index contributed by atoms with van der Waals surface area (Å²) >= 11 is 0. The molecule has 1 aliphatic heterocycles. The molecule has 102 valence electrons. The number of ketones is 1. The Balaban J connectivity index is 1.88. The highest BCUT2D eigenvalue weighted by atomic mass is 16.5. The summed E-state index contributed by atoms with van der Waals surface area (Å²) in [5.74, 6) is -1.01. The van der Waals surface area contributed by atoms with Crippen molar-refractivity contribution in [3.05, 3.63) is 35.9 Å². The summed E-state index contributed by atoms with van der Waals surface area (Å²) < 4.78 is 4.68. The Hall–Kier alpha value is -1.68. The number of methoxy groups -OCH3 is 1. The lowest BCUT2D eigenvalue weighted by Gasteiger charge is -2.30. The normalized spacial score (nSPS) is 20.3. The van der Waals surface area contributed by atoms with Gasteiger partial charge in [0.2, 0.25) is 0 Å². The third-order valence-electron chi connectivity index (χ3n) is 3.55. The number of rotatable bonds is 4. The molecule has 1 saturated heterocycles. The zero-order valence-electron chi connectivity index (χ0n) is 11.2.